The third-order valence-corrected chi connectivity index (χ3v) is 5.08. The van der Waals surface area contributed by atoms with Crippen LogP contribution in [0.25, 0.3) is 22.1 Å². The average Bonchev–Trinajstić information content (AvgIpc) is 2.72. The number of fused-ring (bicyclic) bond motifs is 1. The van der Waals surface area contributed by atoms with Crippen molar-refractivity contribution in [1.82, 2.24) is 5.32 Å². The first-order valence-electron chi connectivity index (χ1n) is 9.26. The Hall–Kier alpha value is -2.96. The molecule has 1 aromatic heterocycles. The average molecular weight is 379 g/mol. The van der Waals surface area contributed by atoms with Crippen LogP contribution in [-0.4, -0.2) is 36.4 Å². The number of aliphatic hydroxyl groups is 1. The van der Waals surface area contributed by atoms with E-state index in [4.69, 9.17) is 9.15 Å². The van der Waals surface area contributed by atoms with Crippen LogP contribution in [-0.2, 0) is 4.74 Å². The molecule has 0 bridgehead atoms. The summed E-state index contributed by atoms with van der Waals surface area (Å²) in [6, 6.07) is 15.9. The van der Waals surface area contributed by atoms with Gasteiger partial charge in [0.15, 0.2) is 0 Å². The molecule has 1 saturated heterocycles. The predicted molar refractivity (Wildman–Crippen MR) is 105 cm³/mol. The van der Waals surface area contributed by atoms with E-state index in [-0.39, 0.29) is 12.5 Å². The van der Waals surface area contributed by atoms with Crippen molar-refractivity contribution in [2.75, 3.05) is 19.8 Å². The van der Waals surface area contributed by atoms with Gasteiger partial charge in [-0.15, -0.1) is 0 Å². The van der Waals surface area contributed by atoms with Crippen LogP contribution in [0, 0.1) is 0 Å². The zero-order valence-corrected chi connectivity index (χ0v) is 15.3. The minimum absolute atomic E-state index is 0.164. The van der Waals surface area contributed by atoms with Gasteiger partial charge in [0.2, 0.25) is 0 Å². The molecule has 0 saturated carbocycles. The maximum Gasteiger partial charge on any atom is 0.344 e. The molecule has 0 atom stereocenters. The van der Waals surface area contributed by atoms with Crippen molar-refractivity contribution in [1.29, 1.82) is 0 Å². The molecule has 3 aromatic rings. The molecule has 6 heteroatoms. The largest absolute Gasteiger partial charge is 0.422 e. The summed E-state index contributed by atoms with van der Waals surface area (Å²) in [5.41, 5.74) is 0.557. The molecule has 144 valence electrons. The molecule has 0 unspecified atom stereocenters. The zero-order chi connectivity index (χ0) is 19.6. The third-order valence-electron chi connectivity index (χ3n) is 5.08. The van der Waals surface area contributed by atoms with Crippen molar-refractivity contribution in [2.45, 2.75) is 18.4 Å². The molecule has 1 aliphatic heterocycles. The molecule has 0 aliphatic carbocycles. The quantitative estimate of drug-likeness (QED) is 0.681. The van der Waals surface area contributed by atoms with Gasteiger partial charge in [0.05, 0.1) is 11.2 Å². The summed E-state index contributed by atoms with van der Waals surface area (Å²) >= 11 is 0. The van der Waals surface area contributed by atoms with Gasteiger partial charge < -0.3 is 19.6 Å². The normalized spacial score (nSPS) is 16.0. The molecule has 1 amide bonds. The van der Waals surface area contributed by atoms with Crippen molar-refractivity contribution in [3.8, 4) is 11.1 Å². The fourth-order valence-corrected chi connectivity index (χ4v) is 3.37. The highest BCUT2D eigenvalue weighted by Gasteiger charge is 2.30. The molecule has 6 nitrogen and oxygen atoms in total. The van der Waals surface area contributed by atoms with Gasteiger partial charge in [0, 0.05) is 43.5 Å². The van der Waals surface area contributed by atoms with E-state index in [1.807, 2.05) is 18.2 Å². The number of nitrogens with one attached hydrogen (secondary N) is 1. The Labute approximate surface area is 161 Å². The van der Waals surface area contributed by atoms with E-state index >= 15 is 0 Å². The lowest BCUT2D eigenvalue weighted by atomic mass is 9.94. The van der Waals surface area contributed by atoms with Gasteiger partial charge in [-0.2, -0.15) is 0 Å². The maximum atomic E-state index is 12.6. The Morgan fingerprint density at radius 1 is 1.07 bits per heavy atom. The van der Waals surface area contributed by atoms with Crippen LogP contribution in [0.1, 0.15) is 23.2 Å². The fourth-order valence-electron chi connectivity index (χ4n) is 3.37. The Morgan fingerprint density at radius 2 is 1.86 bits per heavy atom. The van der Waals surface area contributed by atoms with Crippen LogP contribution in [0.15, 0.2) is 63.8 Å². The van der Waals surface area contributed by atoms with Crippen molar-refractivity contribution in [3.63, 3.8) is 0 Å². The van der Waals surface area contributed by atoms with E-state index in [1.165, 1.54) is 0 Å². The lowest BCUT2D eigenvalue weighted by Gasteiger charge is -2.32. The lowest BCUT2D eigenvalue weighted by Crippen LogP contribution is -2.46. The number of para-hydroxylation sites is 1. The number of hydrogen-bond donors (Lipinski definition) is 2. The van der Waals surface area contributed by atoms with Crippen LogP contribution in [0.4, 0.5) is 0 Å². The summed E-state index contributed by atoms with van der Waals surface area (Å²) in [5, 5.41) is 14.1. The molecule has 2 N–H and O–H groups in total. The molecule has 1 aliphatic rings. The minimum Gasteiger partial charge on any atom is -0.422 e. The monoisotopic (exact) mass is 379 g/mol. The first-order valence-corrected chi connectivity index (χ1v) is 9.26. The molecule has 28 heavy (non-hydrogen) atoms. The van der Waals surface area contributed by atoms with Crippen molar-refractivity contribution in [2.24, 2.45) is 0 Å². The van der Waals surface area contributed by atoms with Crippen molar-refractivity contribution >= 4 is 16.9 Å². The molecular weight excluding hydrogens is 358 g/mol. The van der Waals surface area contributed by atoms with Crippen LogP contribution < -0.4 is 10.9 Å². The van der Waals surface area contributed by atoms with E-state index in [2.05, 4.69) is 5.32 Å². The maximum absolute atomic E-state index is 12.6. The summed E-state index contributed by atoms with van der Waals surface area (Å²) in [5.74, 6) is -0.299. The molecule has 2 heterocycles. The van der Waals surface area contributed by atoms with Gasteiger partial charge in [-0.05, 0) is 29.8 Å². The number of rotatable bonds is 4. The van der Waals surface area contributed by atoms with E-state index in [9.17, 15) is 14.7 Å². The summed E-state index contributed by atoms with van der Waals surface area (Å²) < 4.78 is 10.6. The summed E-state index contributed by atoms with van der Waals surface area (Å²) in [6.07, 6.45) is 0.983. The smallest absolute Gasteiger partial charge is 0.344 e. The highest BCUT2D eigenvalue weighted by atomic mass is 16.5. The number of carbonyl (C=O) groups excluding carboxylic acids is 1. The molecule has 0 spiro atoms. The zero-order valence-electron chi connectivity index (χ0n) is 15.3. The van der Waals surface area contributed by atoms with Gasteiger partial charge >= 0.3 is 5.63 Å². The first kappa shape index (κ1) is 18.4. The van der Waals surface area contributed by atoms with E-state index in [1.54, 1.807) is 36.4 Å². The summed E-state index contributed by atoms with van der Waals surface area (Å²) in [7, 11) is 0. The molecular formula is C22H21NO5. The Balaban J connectivity index is 1.57. The summed E-state index contributed by atoms with van der Waals surface area (Å²) in [4.78, 5) is 24.9. The van der Waals surface area contributed by atoms with Gasteiger partial charge in [-0.3, -0.25) is 4.79 Å². The second-order valence-corrected chi connectivity index (χ2v) is 7.09. The molecule has 1 fully saturated rings. The number of carbonyl (C=O) groups is 1. The predicted octanol–water partition coefficient (Wildman–Crippen LogP) is 2.73. The second kappa shape index (κ2) is 7.58. The van der Waals surface area contributed by atoms with E-state index < -0.39 is 11.2 Å². The molecule has 4 rings (SSSR count). The standard InChI is InChI=1S/C22H21NO5/c24-20(23-14-22(26)8-10-27-11-9-22)17-6-3-5-15(12-17)18-13-16-4-1-2-7-19(16)28-21(18)25/h1-7,12-13,26H,8-11,14H2,(H,23,24). The first-order chi connectivity index (χ1) is 13.5. The van der Waals surface area contributed by atoms with Crippen molar-refractivity contribution in [3.05, 3.63) is 70.6 Å². The van der Waals surface area contributed by atoms with Gasteiger partial charge in [-0.1, -0.05) is 30.3 Å². The topological polar surface area (TPSA) is 88.8 Å². The number of hydrogen-bond acceptors (Lipinski definition) is 5. The highest BCUT2D eigenvalue weighted by molar-refractivity contribution is 5.95. The van der Waals surface area contributed by atoms with Gasteiger partial charge in [0.1, 0.15) is 5.58 Å². The SMILES string of the molecule is O=C(NCC1(O)CCOCC1)c1cccc(-c2cc3ccccc3oc2=O)c1. The Morgan fingerprint density at radius 3 is 2.68 bits per heavy atom. The third kappa shape index (κ3) is 3.83. The minimum atomic E-state index is -0.940. The Kier molecular flexibility index (Phi) is 4.98. The Bertz CT molecular complexity index is 1070. The van der Waals surface area contributed by atoms with Gasteiger partial charge in [0.25, 0.3) is 5.91 Å². The molecule has 2 aromatic carbocycles. The summed E-state index contributed by atoms with van der Waals surface area (Å²) in [6.45, 7) is 1.14. The lowest BCUT2D eigenvalue weighted by molar-refractivity contribution is -0.0605. The molecule has 0 radical (unpaired) electrons. The number of amides is 1. The fraction of sp³-hybridized carbons (Fsp3) is 0.273. The number of benzene rings is 2. The highest BCUT2D eigenvalue weighted by Crippen LogP contribution is 2.23. The van der Waals surface area contributed by atoms with Crippen LogP contribution in [0.3, 0.4) is 0 Å². The van der Waals surface area contributed by atoms with Crippen molar-refractivity contribution < 1.29 is 19.1 Å². The van der Waals surface area contributed by atoms with E-state index in [0.717, 1.165) is 5.39 Å². The van der Waals surface area contributed by atoms with Crippen LogP contribution in [0.2, 0.25) is 0 Å². The van der Waals surface area contributed by atoms with E-state index in [0.29, 0.717) is 48.3 Å². The van der Waals surface area contributed by atoms with Crippen LogP contribution >= 0.6 is 0 Å². The van der Waals surface area contributed by atoms with Crippen LogP contribution in [0.5, 0.6) is 0 Å². The van der Waals surface area contributed by atoms with Gasteiger partial charge in [-0.25, -0.2) is 4.79 Å². The number of ether oxygens (including phenoxy) is 1. The second-order valence-electron chi connectivity index (χ2n) is 7.09.